The van der Waals surface area contributed by atoms with Gasteiger partial charge in [-0.05, 0) is 41.3 Å². The largest absolute Gasteiger partial charge is 0.349 e. The second-order valence-corrected chi connectivity index (χ2v) is 8.53. The summed E-state index contributed by atoms with van der Waals surface area (Å²) in [6.45, 7) is 0. The van der Waals surface area contributed by atoms with Gasteiger partial charge in [0, 0.05) is 35.3 Å². The predicted molar refractivity (Wildman–Crippen MR) is 117 cm³/mol. The zero-order valence-electron chi connectivity index (χ0n) is 15.8. The molecule has 0 aliphatic carbocycles. The lowest BCUT2D eigenvalue weighted by atomic mass is 10.1. The summed E-state index contributed by atoms with van der Waals surface area (Å²) in [6.07, 6.45) is 0.351. The van der Waals surface area contributed by atoms with E-state index in [0.29, 0.717) is 17.7 Å². The first-order chi connectivity index (χ1) is 13.5. The van der Waals surface area contributed by atoms with Gasteiger partial charge in [0.2, 0.25) is 5.91 Å². The molecule has 0 aliphatic heterocycles. The molecule has 3 aromatic rings. The number of thioether (sulfide) groups is 1. The summed E-state index contributed by atoms with van der Waals surface area (Å²) in [5, 5.41) is 5.01. The second kappa shape index (κ2) is 9.57. The third-order valence-electron chi connectivity index (χ3n) is 4.15. The summed E-state index contributed by atoms with van der Waals surface area (Å²) in [4.78, 5) is 28.4. The smallest absolute Gasteiger partial charge is 0.256 e. The fourth-order valence-corrected chi connectivity index (χ4v) is 4.38. The number of benzene rings is 2. The summed E-state index contributed by atoms with van der Waals surface area (Å²) in [5.41, 5.74) is 2.30. The molecule has 144 valence electrons. The zero-order chi connectivity index (χ0) is 19.9. The van der Waals surface area contributed by atoms with Crippen LogP contribution < -0.4 is 5.32 Å². The average molecular weight is 411 g/mol. The number of amides is 2. The van der Waals surface area contributed by atoms with Crippen molar-refractivity contribution in [3.63, 3.8) is 0 Å². The Morgan fingerprint density at radius 2 is 1.75 bits per heavy atom. The lowest BCUT2D eigenvalue weighted by Gasteiger charge is -2.11. The van der Waals surface area contributed by atoms with Crippen LogP contribution in [0.15, 0.2) is 70.9 Å². The van der Waals surface area contributed by atoms with Crippen molar-refractivity contribution in [3.05, 3.63) is 82.0 Å². The number of thiophene rings is 1. The summed E-state index contributed by atoms with van der Waals surface area (Å²) in [7, 11) is 3.48. The first-order valence-corrected chi connectivity index (χ1v) is 10.7. The van der Waals surface area contributed by atoms with Gasteiger partial charge < -0.3 is 10.2 Å². The standard InChI is InChI=1S/C22H22N2O2S2/c1-24(2)21(25)14-16-9-11-17(12-10-16)23-22(26)19-7-3-4-8-20(19)28-15-18-6-5-13-27-18/h3-13H,14-15H2,1-2H3,(H,23,26). The normalized spacial score (nSPS) is 10.5. The molecule has 1 aromatic heterocycles. The van der Waals surface area contributed by atoms with Crippen LogP contribution >= 0.6 is 23.1 Å². The Labute approximate surface area is 173 Å². The molecular weight excluding hydrogens is 388 g/mol. The van der Waals surface area contributed by atoms with Crippen LogP contribution in [0.1, 0.15) is 20.8 Å². The van der Waals surface area contributed by atoms with Gasteiger partial charge in [0.15, 0.2) is 0 Å². The minimum Gasteiger partial charge on any atom is -0.349 e. The minimum absolute atomic E-state index is 0.0495. The molecule has 2 amide bonds. The molecule has 0 unspecified atom stereocenters. The quantitative estimate of drug-likeness (QED) is 0.562. The number of carbonyl (C=O) groups is 2. The molecule has 4 nitrogen and oxygen atoms in total. The number of nitrogens with one attached hydrogen (secondary N) is 1. The molecule has 1 N–H and O–H groups in total. The van der Waals surface area contributed by atoms with Crippen molar-refractivity contribution in [2.24, 2.45) is 0 Å². The summed E-state index contributed by atoms with van der Waals surface area (Å²) < 4.78 is 0. The van der Waals surface area contributed by atoms with E-state index < -0.39 is 0 Å². The van der Waals surface area contributed by atoms with Gasteiger partial charge in [-0.1, -0.05) is 30.3 Å². The maximum absolute atomic E-state index is 12.8. The highest BCUT2D eigenvalue weighted by Crippen LogP contribution is 2.28. The van der Waals surface area contributed by atoms with Crippen molar-refractivity contribution >= 4 is 40.6 Å². The van der Waals surface area contributed by atoms with Crippen LogP contribution in [0, 0.1) is 0 Å². The molecule has 0 radical (unpaired) electrons. The van der Waals surface area contributed by atoms with Crippen LogP contribution in [-0.2, 0) is 17.0 Å². The van der Waals surface area contributed by atoms with Crippen LogP contribution in [0.25, 0.3) is 0 Å². The van der Waals surface area contributed by atoms with Crippen molar-refractivity contribution in [2.75, 3.05) is 19.4 Å². The molecule has 3 rings (SSSR count). The number of carbonyl (C=O) groups excluding carboxylic acids is 2. The molecule has 0 spiro atoms. The van der Waals surface area contributed by atoms with E-state index in [0.717, 1.165) is 16.2 Å². The fraction of sp³-hybridized carbons (Fsp3) is 0.182. The lowest BCUT2D eigenvalue weighted by molar-refractivity contribution is -0.127. The van der Waals surface area contributed by atoms with E-state index >= 15 is 0 Å². The molecule has 0 atom stereocenters. The van der Waals surface area contributed by atoms with E-state index in [9.17, 15) is 9.59 Å². The molecule has 0 bridgehead atoms. The maximum Gasteiger partial charge on any atom is 0.256 e. The molecule has 28 heavy (non-hydrogen) atoms. The molecule has 0 saturated heterocycles. The summed E-state index contributed by atoms with van der Waals surface area (Å²) >= 11 is 3.38. The topological polar surface area (TPSA) is 49.4 Å². The van der Waals surface area contributed by atoms with Crippen molar-refractivity contribution < 1.29 is 9.59 Å². The van der Waals surface area contributed by atoms with Gasteiger partial charge in [-0.2, -0.15) is 0 Å². The van der Waals surface area contributed by atoms with Gasteiger partial charge in [-0.25, -0.2) is 0 Å². The van der Waals surface area contributed by atoms with Gasteiger partial charge in [-0.15, -0.1) is 23.1 Å². The van der Waals surface area contributed by atoms with Crippen molar-refractivity contribution in [3.8, 4) is 0 Å². The summed E-state index contributed by atoms with van der Waals surface area (Å²) in [6, 6.07) is 19.2. The Hall–Kier alpha value is -2.57. The second-order valence-electron chi connectivity index (χ2n) is 6.48. The first kappa shape index (κ1) is 20.2. The highest BCUT2D eigenvalue weighted by molar-refractivity contribution is 7.98. The van der Waals surface area contributed by atoms with E-state index in [2.05, 4.69) is 16.8 Å². The fourth-order valence-electron chi connectivity index (χ4n) is 2.56. The Morgan fingerprint density at radius 1 is 1.00 bits per heavy atom. The highest BCUT2D eigenvalue weighted by Gasteiger charge is 2.12. The maximum atomic E-state index is 12.8. The van der Waals surface area contributed by atoms with E-state index in [4.69, 9.17) is 0 Å². The summed E-state index contributed by atoms with van der Waals surface area (Å²) in [5.74, 6) is 0.760. The van der Waals surface area contributed by atoms with Crippen molar-refractivity contribution in [1.29, 1.82) is 0 Å². The van der Waals surface area contributed by atoms with Crippen LogP contribution in [0.3, 0.4) is 0 Å². The Bertz CT molecular complexity index is 935. The van der Waals surface area contributed by atoms with Gasteiger partial charge >= 0.3 is 0 Å². The minimum atomic E-state index is -0.133. The SMILES string of the molecule is CN(C)C(=O)Cc1ccc(NC(=O)c2ccccc2SCc2cccs2)cc1. The van der Waals surface area contributed by atoms with Crippen LogP contribution in [0.4, 0.5) is 5.69 Å². The van der Waals surface area contributed by atoms with Crippen molar-refractivity contribution in [1.82, 2.24) is 4.90 Å². The van der Waals surface area contributed by atoms with Gasteiger partial charge in [-0.3, -0.25) is 9.59 Å². The number of likely N-dealkylation sites (N-methyl/N-ethyl adjacent to an activating group) is 1. The Kier molecular flexibility index (Phi) is 6.90. The predicted octanol–water partition coefficient (Wildman–Crippen LogP) is 4.92. The highest BCUT2D eigenvalue weighted by atomic mass is 32.2. The monoisotopic (exact) mass is 410 g/mol. The third kappa shape index (κ3) is 5.47. The van der Waals surface area contributed by atoms with Crippen LogP contribution in [0.5, 0.6) is 0 Å². The third-order valence-corrected chi connectivity index (χ3v) is 6.33. The van der Waals surface area contributed by atoms with E-state index in [1.807, 2.05) is 54.6 Å². The number of rotatable bonds is 7. The molecule has 1 heterocycles. The van der Waals surface area contributed by atoms with Gasteiger partial charge in [0.1, 0.15) is 0 Å². The number of hydrogen-bond acceptors (Lipinski definition) is 4. The average Bonchev–Trinajstić information content (AvgIpc) is 3.21. The molecular formula is C22H22N2O2S2. The number of nitrogens with zero attached hydrogens (tertiary/aromatic N) is 1. The molecule has 6 heteroatoms. The number of hydrogen-bond donors (Lipinski definition) is 1. The van der Waals surface area contributed by atoms with Crippen molar-refractivity contribution in [2.45, 2.75) is 17.1 Å². The lowest BCUT2D eigenvalue weighted by Crippen LogP contribution is -2.23. The van der Waals surface area contributed by atoms with E-state index in [-0.39, 0.29) is 11.8 Å². The van der Waals surface area contributed by atoms with Crippen LogP contribution in [0.2, 0.25) is 0 Å². The van der Waals surface area contributed by atoms with Gasteiger partial charge in [0.25, 0.3) is 5.91 Å². The van der Waals surface area contributed by atoms with E-state index in [1.54, 1.807) is 42.1 Å². The van der Waals surface area contributed by atoms with Crippen LogP contribution in [-0.4, -0.2) is 30.8 Å². The molecule has 0 aliphatic rings. The zero-order valence-corrected chi connectivity index (χ0v) is 17.5. The molecule has 0 fully saturated rings. The molecule has 0 saturated carbocycles. The van der Waals surface area contributed by atoms with E-state index in [1.165, 1.54) is 4.88 Å². The number of anilines is 1. The molecule has 2 aromatic carbocycles. The van der Waals surface area contributed by atoms with Gasteiger partial charge in [0.05, 0.1) is 12.0 Å². The first-order valence-electron chi connectivity index (χ1n) is 8.87. The Morgan fingerprint density at radius 3 is 2.43 bits per heavy atom. The Balaban J connectivity index is 1.65.